The van der Waals surface area contributed by atoms with Gasteiger partial charge < -0.3 is 9.47 Å². The maximum Gasteiger partial charge on any atom is 0.335 e. The van der Waals surface area contributed by atoms with Crippen LogP contribution in [0.1, 0.15) is 29.8 Å². The summed E-state index contributed by atoms with van der Waals surface area (Å²) in [7, 11) is 1.48. The van der Waals surface area contributed by atoms with Crippen molar-refractivity contribution in [2.45, 2.75) is 26.4 Å². The lowest BCUT2D eigenvalue weighted by molar-refractivity contribution is -0.154. The number of rotatable bonds is 6. The van der Waals surface area contributed by atoms with Crippen molar-refractivity contribution < 1.29 is 19.1 Å². The van der Waals surface area contributed by atoms with E-state index < -0.39 is 6.10 Å². The first-order valence-corrected chi connectivity index (χ1v) is 5.87. The van der Waals surface area contributed by atoms with E-state index in [1.807, 2.05) is 12.1 Å². The molecule has 4 nitrogen and oxygen atoms in total. The van der Waals surface area contributed by atoms with Gasteiger partial charge in [-0.25, -0.2) is 4.79 Å². The number of esters is 1. The second-order valence-corrected chi connectivity index (χ2v) is 3.93. The molecule has 18 heavy (non-hydrogen) atoms. The number of hydrogen-bond donors (Lipinski definition) is 0. The molecule has 0 spiro atoms. The number of carbonyl (C=O) groups is 2. The number of Topliss-reactive ketones (excluding diaryl/α,β-unsaturated/α-hetero) is 1. The molecule has 0 N–H and O–H groups in total. The molecule has 0 aliphatic carbocycles. The zero-order valence-corrected chi connectivity index (χ0v) is 10.9. The van der Waals surface area contributed by atoms with Crippen LogP contribution in [0.5, 0.6) is 0 Å². The van der Waals surface area contributed by atoms with Crippen molar-refractivity contribution in [2.75, 3.05) is 13.7 Å². The molecule has 0 aromatic heterocycles. The Morgan fingerprint density at radius 3 is 2.28 bits per heavy atom. The summed E-state index contributed by atoms with van der Waals surface area (Å²) in [5, 5.41) is 0. The van der Waals surface area contributed by atoms with Gasteiger partial charge in [0.15, 0.2) is 11.9 Å². The van der Waals surface area contributed by atoms with Gasteiger partial charge in [0, 0.05) is 19.1 Å². The molecule has 1 atom stereocenters. The van der Waals surface area contributed by atoms with E-state index in [-0.39, 0.29) is 11.8 Å². The highest BCUT2D eigenvalue weighted by Crippen LogP contribution is 2.10. The molecule has 98 valence electrons. The normalized spacial score (nSPS) is 11.9. The Kier molecular flexibility index (Phi) is 5.52. The van der Waals surface area contributed by atoms with Crippen molar-refractivity contribution in [1.82, 2.24) is 0 Å². The van der Waals surface area contributed by atoms with Crippen LogP contribution < -0.4 is 0 Å². The Labute approximate surface area is 107 Å². The molecule has 0 fully saturated rings. The third-order valence-electron chi connectivity index (χ3n) is 2.62. The van der Waals surface area contributed by atoms with E-state index in [1.54, 1.807) is 19.1 Å². The zero-order chi connectivity index (χ0) is 13.5. The van der Waals surface area contributed by atoms with Crippen LogP contribution in [0.2, 0.25) is 0 Å². The summed E-state index contributed by atoms with van der Waals surface area (Å²) in [4.78, 5) is 22.7. The van der Waals surface area contributed by atoms with E-state index in [2.05, 4.69) is 0 Å². The quantitative estimate of drug-likeness (QED) is 0.572. The average molecular weight is 250 g/mol. The van der Waals surface area contributed by atoms with Gasteiger partial charge in [-0.3, -0.25) is 4.79 Å². The molecule has 1 aromatic rings. The smallest absolute Gasteiger partial charge is 0.335 e. The number of carbonyl (C=O) groups excluding carboxylic acids is 2. The second kappa shape index (κ2) is 6.91. The van der Waals surface area contributed by atoms with Crippen molar-refractivity contribution in [1.29, 1.82) is 0 Å². The summed E-state index contributed by atoms with van der Waals surface area (Å²) < 4.78 is 10.0. The molecule has 0 saturated carbocycles. The first kappa shape index (κ1) is 14.4. The van der Waals surface area contributed by atoms with Gasteiger partial charge in [0.1, 0.15) is 0 Å². The van der Waals surface area contributed by atoms with Gasteiger partial charge >= 0.3 is 5.97 Å². The monoisotopic (exact) mass is 250 g/mol. The van der Waals surface area contributed by atoms with E-state index in [9.17, 15) is 9.59 Å². The largest absolute Gasteiger partial charge is 0.464 e. The van der Waals surface area contributed by atoms with Crippen LogP contribution in [0.4, 0.5) is 0 Å². The molecule has 0 radical (unpaired) electrons. The van der Waals surface area contributed by atoms with Gasteiger partial charge in [-0.1, -0.05) is 24.3 Å². The van der Waals surface area contributed by atoms with Crippen LogP contribution in [-0.4, -0.2) is 31.6 Å². The summed E-state index contributed by atoms with van der Waals surface area (Å²) in [6.07, 6.45) is -0.166. The molecular weight excluding hydrogens is 232 g/mol. The highest BCUT2D eigenvalue weighted by molar-refractivity contribution is 5.94. The average Bonchev–Trinajstić information content (AvgIpc) is 2.36. The van der Waals surface area contributed by atoms with Crippen LogP contribution in [-0.2, 0) is 20.7 Å². The zero-order valence-electron chi connectivity index (χ0n) is 10.9. The van der Waals surface area contributed by atoms with Crippen molar-refractivity contribution in [3.05, 3.63) is 35.4 Å². The van der Waals surface area contributed by atoms with E-state index in [0.717, 1.165) is 5.56 Å². The molecule has 1 aromatic carbocycles. The van der Waals surface area contributed by atoms with Gasteiger partial charge in [0.2, 0.25) is 0 Å². The molecule has 0 unspecified atom stereocenters. The molecule has 0 amide bonds. The van der Waals surface area contributed by atoms with Gasteiger partial charge in [-0.2, -0.15) is 0 Å². The lowest BCUT2D eigenvalue weighted by atomic mass is 10.0. The lowest BCUT2D eigenvalue weighted by Gasteiger charge is -2.13. The first-order chi connectivity index (χ1) is 8.58. The van der Waals surface area contributed by atoms with Crippen molar-refractivity contribution in [3.8, 4) is 0 Å². The van der Waals surface area contributed by atoms with E-state index in [0.29, 0.717) is 18.6 Å². The molecule has 0 aliphatic heterocycles. The molecular formula is C14H18O4. The Bertz CT molecular complexity index is 408. The van der Waals surface area contributed by atoms with Crippen LogP contribution in [0.15, 0.2) is 24.3 Å². The highest BCUT2D eigenvalue weighted by Gasteiger charge is 2.19. The maximum atomic E-state index is 11.6. The van der Waals surface area contributed by atoms with Crippen molar-refractivity contribution in [2.24, 2.45) is 0 Å². The van der Waals surface area contributed by atoms with Gasteiger partial charge in [0.05, 0.1) is 6.61 Å². The summed E-state index contributed by atoms with van der Waals surface area (Å²) >= 11 is 0. The fraction of sp³-hybridized carbons (Fsp3) is 0.429. The lowest BCUT2D eigenvalue weighted by Crippen LogP contribution is -2.27. The molecule has 4 heteroatoms. The van der Waals surface area contributed by atoms with Crippen LogP contribution in [0.25, 0.3) is 0 Å². The first-order valence-electron chi connectivity index (χ1n) is 5.87. The minimum absolute atomic E-state index is 0.0234. The van der Waals surface area contributed by atoms with Gasteiger partial charge in [0.25, 0.3) is 0 Å². The molecule has 0 saturated heterocycles. The van der Waals surface area contributed by atoms with Crippen molar-refractivity contribution in [3.63, 3.8) is 0 Å². The topological polar surface area (TPSA) is 52.6 Å². The highest BCUT2D eigenvalue weighted by atomic mass is 16.6. The number of methoxy groups -OCH3 is 1. The number of hydrogen-bond acceptors (Lipinski definition) is 4. The minimum atomic E-state index is -0.604. The van der Waals surface area contributed by atoms with E-state index in [4.69, 9.17) is 9.47 Å². The van der Waals surface area contributed by atoms with Gasteiger partial charge in [-0.15, -0.1) is 0 Å². The SMILES string of the molecule is CCOC(=O)[C@H](Cc1ccc(C(C)=O)cc1)OC. The Morgan fingerprint density at radius 2 is 1.83 bits per heavy atom. The van der Waals surface area contributed by atoms with Crippen LogP contribution in [0, 0.1) is 0 Å². The van der Waals surface area contributed by atoms with Crippen LogP contribution >= 0.6 is 0 Å². The molecule has 1 rings (SSSR count). The van der Waals surface area contributed by atoms with Crippen LogP contribution in [0.3, 0.4) is 0 Å². The Hall–Kier alpha value is -1.68. The molecule has 0 aliphatic rings. The fourth-order valence-corrected chi connectivity index (χ4v) is 1.59. The molecule has 0 bridgehead atoms. The number of benzene rings is 1. The summed E-state index contributed by atoms with van der Waals surface area (Å²) in [5.74, 6) is -0.342. The number of ketones is 1. The van der Waals surface area contributed by atoms with E-state index in [1.165, 1.54) is 14.0 Å². The summed E-state index contributed by atoms with van der Waals surface area (Å²) in [6, 6.07) is 7.13. The predicted molar refractivity (Wildman–Crippen MR) is 67.6 cm³/mol. The standard InChI is InChI=1S/C14H18O4/c1-4-18-14(16)13(17-3)9-11-5-7-12(8-6-11)10(2)15/h5-8,13H,4,9H2,1-3H3/t13-/m0/s1. The second-order valence-electron chi connectivity index (χ2n) is 3.93. The Balaban J connectivity index is 2.70. The third-order valence-corrected chi connectivity index (χ3v) is 2.62. The fourth-order valence-electron chi connectivity index (χ4n) is 1.59. The summed E-state index contributed by atoms with van der Waals surface area (Å²) in [5.41, 5.74) is 1.59. The maximum absolute atomic E-state index is 11.6. The predicted octanol–water partition coefficient (Wildman–Crippen LogP) is 2.01. The van der Waals surface area contributed by atoms with Crippen molar-refractivity contribution >= 4 is 11.8 Å². The minimum Gasteiger partial charge on any atom is -0.464 e. The number of ether oxygens (including phenoxy) is 2. The third kappa shape index (κ3) is 3.96. The molecule has 0 heterocycles. The Morgan fingerprint density at radius 1 is 1.22 bits per heavy atom. The van der Waals surface area contributed by atoms with E-state index >= 15 is 0 Å². The van der Waals surface area contributed by atoms with Gasteiger partial charge in [-0.05, 0) is 19.4 Å². The summed E-state index contributed by atoms with van der Waals surface area (Å²) in [6.45, 7) is 3.61.